The van der Waals surface area contributed by atoms with Crippen LogP contribution in [0.3, 0.4) is 0 Å². The highest BCUT2D eigenvalue weighted by Crippen LogP contribution is 2.19. The van der Waals surface area contributed by atoms with Gasteiger partial charge in [-0.1, -0.05) is 32.0 Å². The number of ketones is 1. The van der Waals surface area contributed by atoms with Crippen LogP contribution < -0.4 is 10.6 Å². The van der Waals surface area contributed by atoms with E-state index in [2.05, 4.69) is 21.7 Å². The molecule has 3 N–H and O–H groups in total. The van der Waals surface area contributed by atoms with Gasteiger partial charge in [0.05, 0.1) is 6.04 Å². The molecule has 1 amide bonds. The third-order valence-electron chi connectivity index (χ3n) is 3.73. The molecule has 1 aromatic carbocycles. The summed E-state index contributed by atoms with van der Waals surface area (Å²) in [5, 5.41) is 7.30. The van der Waals surface area contributed by atoms with Gasteiger partial charge >= 0.3 is 0 Å². The largest absolute Gasteiger partial charge is 0.361 e. The summed E-state index contributed by atoms with van der Waals surface area (Å²) in [6.45, 7) is 5.95. The van der Waals surface area contributed by atoms with Crippen LogP contribution in [0.15, 0.2) is 30.5 Å². The Labute approximate surface area is 136 Å². The number of hydrogen-bond acceptors (Lipinski definition) is 3. The SMILES string of the molecule is CC(=O)CCNC(=O)C(Cc1c[nH]c2ccccc12)NC(C)C. The highest BCUT2D eigenvalue weighted by atomic mass is 16.2. The monoisotopic (exact) mass is 315 g/mol. The third-order valence-corrected chi connectivity index (χ3v) is 3.73. The summed E-state index contributed by atoms with van der Waals surface area (Å²) < 4.78 is 0. The maximum atomic E-state index is 12.4. The third kappa shape index (κ3) is 4.93. The Morgan fingerprint density at radius 2 is 1.96 bits per heavy atom. The minimum absolute atomic E-state index is 0.0646. The van der Waals surface area contributed by atoms with Crippen molar-refractivity contribution in [2.24, 2.45) is 0 Å². The van der Waals surface area contributed by atoms with Gasteiger partial charge in [0.15, 0.2) is 0 Å². The summed E-state index contributed by atoms with van der Waals surface area (Å²) >= 11 is 0. The number of rotatable bonds is 8. The molecule has 0 aliphatic rings. The molecule has 0 aliphatic heterocycles. The maximum absolute atomic E-state index is 12.4. The van der Waals surface area contributed by atoms with E-state index in [1.54, 1.807) is 0 Å². The van der Waals surface area contributed by atoms with Crippen LogP contribution >= 0.6 is 0 Å². The van der Waals surface area contributed by atoms with E-state index in [1.807, 2.05) is 38.2 Å². The summed E-state index contributed by atoms with van der Waals surface area (Å²) in [4.78, 5) is 26.7. The smallest absolute Gasteiger partial charge is 0.237 e. The van der Waals surface area contributed by atoms with Crippen molar-refractivity contribution in [3.8, 4) is 0 Å². The van der Waals surface area contributed by atoms with E-state index in [0.717, 1.165) is 16.5 Å². The first-order chi connectivity index (χ1) is 11.0. The zero-order chi connectivity index (χ0) is 16.8. The zero-order valence-corrected chi connectivity index (χ0v) is 14.0. The summed E-state index contributed by atoms with van der Waals surface area (Å²) in [5.41, 5.74) is 2.18. The first-order valence-electron chi connectivity index (χ1n) is 8.05. The van der Waals surface area contributed by atoms with Gasteiger partial charge in [0.2, 0.25) is 5.91 Å². The zero-order valence-electron chi connectivity index (χ0n) is 14.0. The summed E-state index contributed by atoms with van der Waals surface area (Å²) in [6, 6.07) is 7.95. The molecule has 1 unspecified atom stereocenters. The highest BCUT2D eigenvalue weighted by molar-refractivity contribution is 5.86. The van der Waals surface area contributed by atoms with Gasteiger partial charge < -0.3 is 15.6 Å². The molecule has 5 heteroatoms. The van der Waals surface area contributed by atoms with Crippen molar-refractivity contribution in [3.63, 3.8) is 0 Å². The number of carbonyl (C=O) groups is 2. The minimum atomic E-state index is -0.318. The van der Waals surface area contributed by atoms with Crippen molar-refractivity contribution < 1.29 is 9.59 Å². The fraction of sp³-hybridized carbons (Fsp3) is 0.444. The molecule has 0 bridgehead atoms. The lowest BCUT2D eigenvalue weighted by molar-refractivity contribution is -0.123. The van der Waals surface area contributed by atoms with E-state index in [-0.39, 0.29) is 23.8 Å². The molecule has 0 spiro atoms. The van der Waals surface area contributed by atoms with Gasteiger partial charge in [-0.05, 0) is 25.0 Å². The van der Waals surface area contributed by atoms with Crippen LogP contribution in [0, 0.1) is 0 Å². The number of hydrogen-bond donors (Lipinski definition) is 3. The van der Waals surface area contributed by atoms with Crippen molar-refractivity contribution in [2.75, 3.05) is 6.54 Å². The van der Waals surface area contributed by atoms with Crippen molar-refractivity contribution >= 4 is 22.6 Å². The van der Waals surface area contributed by atoms with Crippen LogP contribution in [0.2, 0.25) is 0 Å². The number of H-pyrrole nitrogens is 1. The highest BCUT2D eigenvalue weighted by Gasteiger charge is 2.20. The molecular formula is C18H25N3O2. The normalized spacial score (nSPS) is 12.5. The van der Waals surface area contributed by atoms with Gasteiger partial charge in [-0.25, -0.2) is 0 Å². The molecular weight excluding hydrogens is 290 g/mol. The first kappa shape index (κ1) is 17.2. The predicted octanol–water partition coefficient (Wildman–Crippen LogP) is 2.17. The molecule has 0 aliphatic carbocycles. The number of aromatic amines is 1. The van der Waals surface area contributed by atoms with Crippen LogP contribution in [0.5, 0.6) is 0 Å². The molecule has 5 nitrogen and oxygen atoms in total. The molecule has 2 rings (SSSR count). The summed E-state index contributed by atoms with van der Waals surface area (Å²) in [5.74, 6) is 0.0144. The van der Waals surface area contributed by atoms with Crippen LogP contribution in [-0.2, 0) is 16.0 Å². The molecule has 0 radical (unpaired) electrons. The molecule has 0 fully saturated rings. The minimum Gasteiger partial charge on any atom is -0.361 e. The second-order valence-electron chi connectivity index (χ2n) is 6.18. The molecule has 1 heterocycles. The Kier molecular flexibility index (Phi) is 5.93. The van der Waals surface area contributed by atoms with E-state index in [1.165, 1.54) is 6.92 Å². The Morgan fingerprint density at radius 3 is 2.65 bits per heavy atom. The molecule has 0 saturated carbocycles. The predicted molar refractivity (Wildman–Crippen MR) is 92.4 cm³/mol. The number of para-hydroxylation sites is 1. The molecule has 2 aromatic rings. The van der Waals surface area contributed by atoms with Crippen molar-refractivity contribution in [2.45, 2.75) is 45.7 Å². The lowest BCUT2D eigenvalue weighted by Gasteiger charge is -2.20. The molecule has 1 atom stereocenters. The maximum Gasteiger partial charge on any atom is 0.237 e. The Balaban J connectivity index is 2.08. The number of fused-ring (bicyclic) bond motifs is 1. The van der Waals surface area contributed by atoms with E-state index < -0.39 is 0 Å². The Morgan fingerprint density at radius 1 is 1.22 bits per heavy atom. The number of aromatic nitrogens is 1. The van der Waals surface area contributed by atoms with Gasteiger partial charge in [-0.15, -0.1) is 0 Å². The van der Waals surface area contributed by atoms with Crippen molar-refractivity contribution in [3.05, 3.63) is 36.0 Å². The lowest BCUT2D eigenvalue weighted by atomic mass is 10.0. The van der Waals surface area contributed by atoms with Crippen LogP contribution in [0.4, 0.5) is 0 Å². The lowest BCUT2D eigenvalue weighted by Crippen LogP contribution is -2.48. The van der Waals surface area contributed by atoms with Gasteiger partial charge in [0.1, 0.15) is 5.78 Å². The van der Waals surface area contributed by atoms with Crippen LogP contribution in [0.1, 0.15) is 32.8 Å². The number of carbonyl (C=O) groups excluding carboxylic acids is 2. The number of nitrogens with one attached hydrogen (secondary N) is 3. The second kappa shape index (κ2) is 7.92. The van der Waals surface area contributed by atoms with Crippen LogP contribution in [-0.4, -0.2) is 35.3 Å². The van der Waals surface area contributed by atoms with Gasteiger partial charge in [-0.3, -0.25) is 9.59 Å². The van der Waals surface area contributed by atoms with Gasteiger partial charge in [0, 0.05) is 36.1 Å². The standard InChI is InChI=1S/C18H25N3O2/c1-12(2)21-17(18(23)19-9-8-13(3)22)10-14-11-20-16-7-5-4-6-15(14)16/h4-7,11-12,17,20-21H,8-10H2,1-3H3,(H,19,23). The van der Waals surface area contributed by atoms with E-state index in [0.29, 0.717) is 19.4 Å². The molecule has 1 aromatic heterocycles. The molecule has 0 saturated heterocycles. The van der Waals surface area contributed by atoms with E-state index in [9.17, 15) is 9.59 Å². The van der Waals surface area contributed by atoms with E-state index in [4.69, 9.17) is 0 Å². The topological polar surface area (TPSA) is 74.0 Å². The Bertz CT molecular complexity index is 676. The number of Topliss-reactive ketones (excluding diaryl/α,β-unsaturated/α-hetero) is 1. The van der Waals surface area contributed by atoms with E-state index >= 15 is 0 Å². The van der Waals surface area contributed by atoms with Crippen molar-refractivity contribution in [1.29, 1.82) is 0 Å². The van der Waals surface area contributed by atoms with Crippen LogP contribution in [0.25, 0.3) is 10.9 Å². The Hall–Kier alpha value is -2.14. The fourth-order valence-electron chi connectivity index (χ4n) is 2.64. The molecule has 23 heavy (non-hydrogen) atoms. The molecule has 124 valence electrons. The fourth-order valence-corrected chi connectivity index (χ4v) is 2.64. The average Bonchev–Trinajstić information content (AvgIpc) is 2.89. The second-order valence-corrected chi connectivity index (χ2v) is 6.18. The summed E-state index contributed by atoms with van der Waals surface area (Å²) in [6.07, 6.45) is 2.93. The van der Waals surface area contributed by atoms with Gasteiger partial charge in [-0.2, -0.15) is 0 Å². The summed E-state index contributed by atoms with van der Waals surface area (Å²) in [7, 11) is 0. The van der Waals surface area contributed by atoms with Crippen molar-refractivity contribution in [1.82, 2.24) is 15.6 Å². The van der Waals surface area contributed by atoms with Gasteiger partial charge in [0.25, 0.3) is 0 Å². The number of benzene rings is 1. The first-order valence-corrected chi connectivity index (χ1v) is 8.05. The average molecular weight is 315 g/mol. The quantitative estimate of drug-likeness (QED) is 0.699. The number of amides is 1.